The molecular weight excluding hydrogens is 340 g/mol. The van der Waals surface area contributed by atoms with Crippen molar-refractivity contribution in [1.29, 1.82) is 0 Å². The Kier molecular flexibility index (Phi) is 4.62. The number of nitrogens with one attached hydrogen (secondary N) is 1. The van der Waals surface area contributed by atoms with Crippen molar-refractivity contribution in [3.8, 4) is 11.5 Å². The molecule has 0 spiro atoms. The lowest BCUT2D eigenvalue weighted by molar-refractivity contribution is -0.126. The second-order valence-corrected chi connectivity index (χ2v) is 8.48. The zero-order valence-electron chi connectivity index (χ0n) is 15.2. The van der Waals surface area contributed by atoms with Gasteiger partial charge in [0, 0.05) is 16.9 Å². The Morgan fingerprint density at radius 1 is 1.32 bits per heavy atom. The molecule has 0 saturated carbocycles. The molecule has 6 nitrogen and oxygen atoms in total. The normalized spacial score (nSPS) is 23.2. The van der Waals surface area contributed by atoms with Crippen LogP contribution in [-0.4, -0.2) is 48.3 Å². The molecule has 1 saturated heterocycles. The van der Waals surface area contributed by atoms with E-state index in [2.05, 4.69) is 5.32 Å². The van der Waals surface area contributed by atoms with Crippen molar-refractivity contribution in [2.75, 3.05) is 20.8 Å². The predicted molar refractivity (Wildman–Crippen MR) is 97.2 cm³/mol. The molecule has 7 heteroatoms. The standard InChI is InChI=1S/C18H24N2O4S/c1-6-9-19-15(21)14-18(2,3)25-17-10-7-8-11(23-4)13(24-5)12(10)16(22)20(14)17/h7-8,14,17H,6,9H2,1-5H3,(H,19,21)/t14-,17+/m1/s1. The minimum atomic E-state index is -0.523. The van der Waals surface area contributed by atoms with Crippen LogP contribution in [0.1, 0.15) is 48.5 Å². The van der Waals surface area contributed by atoms with Crippen LogP contribution in [0.25, 0.3) is 0 Å². The van der Waals surface area contributed by atoms with Crippen LogP contribution < -0.4 is 14.8 Å². The summed E-state index contributed by atoms with van der Waals surface area (Å²) >= 11 is 1.64. The number of carbonyl (C=O) groups excluding carboxylic acids is 2. The van der Waals surface area contributed by atoms with Crippen molar-refractivity contribution in [3.05, 3.63) is 23.3 Å². The fourth-order valence-electron chi connectivity index (χ4n) is 3.60. The van der Waals surface area contributed by atoms with Gasteiger partial charge >= 0.3 is 0 Å². The van der Waals surface area contributed by atoms with E-state index < -0.39 is 6.04 Å². The van der Waals surface area contributed by atoms with Gasteiger partial charge < -0.3 is 19.7 Å². The molecule has 2 aliphatic rings. The van der Waals surface area contributed by atoms with Gasteiger partial charge in [-0.2, -0.15) is 0 Å². The van der Waals surface area contributed by atoms with E-state index in [1.54, 1.807) is 23.8 Å². The summed E-state index contributed by atoms with van der Waals surface area (Å²) in [6, 6.07) is 3.19. The number of fused-ring (bicyclic) bond motifs is 3. The molecule has 25 heavy (non-hydrogen) atoms. The molecule has 2 atom stereocenters. The first kappa shape index (κ1) is 17.9. The van der Waals surface area contributed by atoms with Gasteiger partial charge in [-0.15, -0.1) is 11.8 Å². The van der Waals surface area contributed by atoms with Crippen molar-refractivity contribution in [1.82, 2.24) is 10.2 Å². The quantitative estimate of drug-likeness (QED) is 0.870. The fourth-order valence-corrected chi connectivity index (χ4v) is 5.18. The van der Waals surface area contributed by atoms with E-state index in [0.29, 0.717) is 23.6 Å². The second-order valence-electron chi connectivity index (χ2n) is 6.74. The minimum absolute atomic E-state index is 0.103. The third-order valence-corrected chi connectivity index (χ3v) is 6.23. The Bertz CT molecular complexity index is 719. The first-order chi connectivity index (χ1) is 11.9. The zero-order valence-corrected chi connectivity index (χ0v) is 16.0. The van der Waals surface area contributed by atoms with Crippen LogP contribution in [-0.2, 0) is 4.79 Å². The Balaban J connectivity index is 2.05. The van der Waals surface area contributed by atoms with Crippen LogP contribution in [0.5, 0.6) is 11.5 Å². The molecule has 1 N–H and O–H groups in total. The summed E-state index contributed by atoms with van der Waals surface area (Å²) in [5.41, 5.74) is 1.38. The number of benzene rings is 1. The van der Waals surface area contributed by atoms with Crippen LogP contribution in [0, 0.1) is 0 Å². The van der Waals surface area contributed by atoms with E-state index in [1.165, 1.54) is 7.11 Å². The molecule has 0 aliphatic carbocycles. The number of hydrogen-bond acceptors (Lipinski definition) is 5. The summed E-state index contributed by atoms with van der Waals surface area (Å²) in [7, 11) is 3.07. The maximum Gasteiger partial charge on any atom is 0.260 e. The highest BCUT2D eigenvalue weighted by molar-refractivity contribution is 8.01. The first-order valence-electron chi connectivity index (χ1n) is 8.40. The van der Waals surface area contributed by atoms with Crippen molar-refractivity contribution in [2.45, 2.75) is 43.4 Å². The molecule has 0 bridgehead atoms. The van der Waals surface area contributed by atoms with Crippen LogP contribution in [0.4, 0.5) is 0 Å². The highest BCUT2D eigenvalue weighted by atomic mass is 32.2. The average Bonchev–Trinajstić information content (AvgIpc) is 3.01. The average molecular weight is 364 g/mol. The monoisotopic (exact) mass is 364 g/mol. The molecule has 0 unspecified atom stereocenters. The predicted octanol–water partition coefficient (Wildman–Crippen LogP) is 2.58. The third kappa shape index (κ3) is 2.65. The Labute approximate surface area is 152 Å². The summed E-state index contributed by atoms with van der Waals surface area (Å²) < 4.78 is 10.4. The van der Waals surface area contributed by atoms with Gasteiger partial charge in [-0.3, -0.25) is 9.59 Å². The summed E-state index contributed by atoms with van der Waals surface area (Å²) in [6.07, 6.45) is 0.856. The molecule has 1 fully saturated rings. The zero-order chi connectivity index (χ0) is 18.4. The van der Waals surface area contributed by atoms with Crippen LogP contribution in [0.15, 0.2) is 12.1 Å². The van der Waals surface area contributed by atoms with Crippen molar-refractivity contribution in [3.63, 3.8) is 0 Å². The van der Waals surface area contributed by atoms with Gasteiger partial charge in [-0.1, -0.05) is 13.0 Å². The summed E-state index contributed by atoms with van der Waals surface area (Å²) in [4.78, 5) is 27.7. The summed E-state index contributed by atoms with van der Waals surface area (Å²) in [5, 5.41) is 2.75. The molecule has 2 heterocycles. The lowest BCUT2D eigenvalue weighted by atomic mass is 10.0. The third-order valence-electron chi connectivity index (χ3n) is 4.69. The topological polar surface area (TPSA) is 67.9 Å². The molecular formula is C18H24N2O4S. The van der Waals surface area contributed by atoms with E-state index >= 15 is 0 Å². The van der Waals surface area contributed by atoms with Gasteiger partial charge in [0.1, 0.15) is 11.4 Å². The van der Waals surface area contributed by atoms with Gasteiger partial charge in [0.2, 0.25) is 5.91 Å². The molecule has 2 amide bonds. The number of hydrogen-bond donors (Lipinski definition) is 1. The van der Waals surface area contributed by atoms with Gasteiger partial charge in [-0.25, -0.2) is 0 Å². The van der Waals surface area contributed by atoms with E-state index in [4.69, 9.17) is 9.47 Å². The summed E-state index contributed by atoms with van der Waals surface area (Å²) in [6.45, 7) is 6.64. The number of ether oxygens (including phenoxy) is 2. The molecule has 0 radical (unpaired) electrons. The molecule has 1 aromatic carbocycles. The molecule has 3 rings (SSSR count). The lowest BCUT2D eigenvalue weighted by Gasteiger charge is -2.29. The Morgan fingerprint density at radius 3 is 2.64 bits per heavy atom. The number of carbonyl (C=O) groups is 2. The highest BCUT2D eigenvalue weighted by Crippen LogP contribution is 2.58. The molecule has 0 aromatic heterocycles. The van der Waals surface area contributed by atoms with E-state index in [1.807, 2.05) is 32.9 Å². The molecule has 136 valence electrons. The van der Waals surface area contributed by atoms with Crippen LogP contribution in [0.2, 0.25) is 0 Å². The molecule has 1 aromatic rings. The number of thioether (sulfide) groups is 1. The van der Waals surface area contributed by atoms with Crippen molar-refractivity contribution < 1.29 is 19.1 Å². The smallest absolute Gasteiger partial charge is 0.260 e. The summed E-state index contributed by atoms with van der Waals surface area (Å²) in [5.74, 6) is 0.678. The van der Waals surface area contributed by atoms with E-state index in [-0.39, 0.29) is 21.9 Å². The van der Waals surface area contributed by atoms with Crippen molar-refractivity contribution in [2.24, 2.45) is 0 Å². The molecule has 2 aliphatic heterocycles. The number of amides is 2. The largest absolute Gasteiger partial charge is 0.493 e. The second kappa shape index (κ2) is 6.44. The number of nitrogens with zero attached hydrogens (tertiary/aromatic N) is 1. The fraction of sp³-hybridized carbons (Fsp3) is 0.556. The SMILES string of the molecule is CCCNC(=O)[C@H]1N2C(=O)c3c(ccc(OC)c3OC)[C@@H]2SC1(C)C. The van der Waals surface area contributed by atoms with Crippen molar-refractivity contribution >= 4 is 23.6 Å². The van der Waals surface area contributed by atoms with Gasteiger partial charge in [0.25, 0.3) is 5.91 Å². The lowest BCUT2D eigenvalue weighted by Crippen LogP contribution is -2.52. The first-order valence-corrected chi connectivity index (χ1v) is 9.28. The maximum atomic E-state index is 13.2. The number of rotatable bonds is 5. The van der Waals surface area contributed by atoms with Gasteiger partial charge in [0.15, 0.2) is 11.5 Å². The van der Waals surface area contributed by atoms with Gasteiger partial charge in [-0.05, 0) is 26.3 Å². The van der Waals surface area contributed by atoms with Crippen LogP contribution >= 0.6 is 11.8 Å². The minimum Gasteiger partial charge on any atom is -0.493 e. The van der Waals surface area contributed by atoms with E-state index in [0.717, 1.165) is 12.0 Å². The Hall–Kier alpha value is -1.89. The Morgan fingerprint density at radius 2 is 2.04 bits per heavy atom. The van der Waals surface area contributed by atoms with E-state index in [9.17, 15) is 9.59 Å². The highest BCUT2D eigenvalue weighted by Gasteiger charge is 2.58. The van der Waals surface area contributed by atoms with Gasteiger partial charge in [0.05, 0.1) is 19.8 Å². The number of methoxy groups -OCH3 is 2. The van der Waals surface area contributed by atoms with Crippen LogP contribution in [0.3, 0.4) is 0 Å². The maximum absolute atomic E-state index is 13.2.